The summed E-state index contributed by atoms with van der Waals surface area (Å²) in [6.07, 6.45) is 11.4. The molecule has 6 heteroatoms. The molecular formula is C19H34FN3O2. The van der Waals surface area contributed by atoms with Crippen LogP contribution in [0, 0.1) is 0 Å². The summed E-state index contributed by atoms with van der Waals surface area (Å²) in [4.78, 5) is 19.5. The summed E-state index contributed by atoms with van der Waals surface area (Å²) in [5, 5.41) is 0. The van der Waals surface area contributed by atoms with Gasteiger partial charge in [-0.3, -0.25) is 0 Å². The van der Waals surface area contributed by atoms with E-state index in [0.717, 1.165) is 44.2 Å². The Morgan fingerprint density at radius 1 is 1.20 bits per heavy atom. The molecule has 144 valence electrons. The maximum Gasteiger partial charge on any atom is 0.329 e. The van der Waals surface area contributed by atoms with Crippen molar-refractivity contribution in [1.82, 2.24) is 9.97 Å². The van der Waals surface area contributed by atoms with Gasteiger partial charge in [0.15, 0.2) is 0 Å². The van der Waals surface area contributed by atoms with Gasteiger partial charge >= 0.3 is 5.97 Å². The summed E-state index contributed by atoms with van der Waals surface area (Å²) in [6.45, 7) is 3.62. The van der Waals surface area contributed by atoms with Crippen LogP contribution in [0.2, 0.25) is 0 Å². The number of imidazole rings is 1. The van der Waals surface area contributed by atoms with Gasteiger partial charge in [0.2, 0.25) is 0 Å². The van der Waals surface area contributed by atoms with E-state index in [2.05, 4.69) is 23.8 Å². The molecular weight excluding hydrogens is 321 g/mol. The first-order valence-corrected chi connectivity index (χ1v) is 9.60. The molecule has 1 aromatic rings. The lowest BCUT2D eigenvalue weighted by Crippen LogP contribution is -2.53. The molecule has 0 aliphatic carbocycles. The summed E-state index contributed by atoms with van der Waals surface area (Å²) in [5.41, 5.74) is 5.27. The Hall–Kier alpha value is -1.43. The van der Waals surface area contributed by atoms with E-state index in [1.165, 1.54) is 19.3 Å². The summed E-state index contributed by atoms with van der Waals surface area (Å²) in [7, 11) is 0. The first kappa shape index (κ1) is 21.6. The number of esters is 1. The number of alkyl halides is 1. The lowest BCUT2D eigenvalue weighted by molar-refractivity contribution is -0.151. The van der Waals surface area contributed by atoms with Crippen LogP contribution in [0.3, 0.4) is 0 Å². The van der Waals surface area contributed by atoms with Crippen LogP contribution in [0.25, 0.3) is 0 Å². The Balaban J connectivity index is 2.40. The SMILES string of the molecule is CCCCCCCCOC(=O)C(N)(CF)Cc1ncc(CCCC)[nH]1. The third-order valence-corrected chi connectivity index (χ3v) is 4.34. The third-order valence-electron chi connectivity index (χ3n) is 4.34. The number of halogens is 1. The van der Waals surface area contributed by atoms with Gasteiger partial charge in [0, 0.05) is 18.3 Å². The lowest BCUT2D eigenvalue weighted by atomic mass is 9.98. The van der Waals surface area contributed by atoms with Gasteiger partial charge in [-0.15, -0.1) is 0 Å². The molecule has 1 atom stereocenters. The maximum atomic E-state index is 13.4. The van der Waals surface area contributed by atoms with E-state index in [0.29, 0.717) is 12.4 Å². The van der Waals surface area contributed by atoms with Crippen molar-refractivity contribution in [1.29, 1.82) is 0 Å². The largest absolute Gasteiger partial charge is 0.464 e. The number of unbranched alkanes of at least 4 members (excludes halogenated alkanes) is 6. The smallest absolute Gasteiger partial charge is 0.329 e. The van der Waals surface area contributed by atoms with Gasteiger partial charge in [-0.05, 0) is 19.3 Å². The molecule has 0 bridgehead atoms. The third kappa shape index (κ3) is 7.99. The fraction of sp³-hybridized carbons (Fsp3) is 0.789. The highest BCUT2D eigenvalue weighted by Crippen LogP contribution is 2.14. The molecule has 1 unspecified atom stereocenters. The molecule has 3 N–H and O–H groups in total. The number of nitrogens with two attached hydrogens (primary N) is 1. The van der Waals surface area contributed by atoms with E-state index in [-0.39, 0.29) is 6.42 Å². The van der Waals surface area contributed by atoms with Crippen LogP contribution in [0.1, 0.15) is 76.7 Å². The average molecular weight is 355 g/mol. The van der Waals surface area contributed by atoms with Gasteiger partial charge in [-0.2, -0.15) is 0 Å². The standard InChI is InChI=1S/C19H34FN3O2/c1-3-5-7-8-9-10-12-25-18(24)19(21,15-20)13-17-22-14-16(23-17)11-6-4-2/h14H,3-13,15,21H2,1-2H3,(H,22,23). The second-order valence-corrected chi connectivity index (χ2v) is 6.83. The monoisotopic (exact) mass is 355 g/mol. The number of hydrogen-bond acceptors (Lipinski definition) is 4. The van der Waals surface area contributed by atoms with E-state index < -0.39 is 18.2 Å². The van der Waals surface area contributed by atoms with Gasteiger partial charge in [-0.25, -0.2) is 14.2 Å². The topological polar surface area (TPSA) is 81.0 Å². The molecule has 0 radical (unpaired) electrons. The van der Waals surface area contributed by atoms with E-state index in [1.807, 2.05) is 0 Å². The number of H-pyrrole nitrogens is 1. The molecule has 0 amide bonds. The Morgan fingerprint density at radius 3 is 2.56 bits per heavy atom. The molecule has 0 aromatic carbocycles. The highest BCUT2D eigenvalue weighted by Gasteiger charge is 2.37. The molecule has 0 saturated carbocycles. The van der Waals surface area contributed by atoms with Crippen LogP contribution in [-0.4, -0.2) is 34.8 Å². The maximum absolute atomic E-state index is 13.4. The van der Waals surface area contributed by atoms with Crippen LogP contribution in [0.5, 0.6) is 0 Å². The molecule has 0 spiro atoms. The van der Waals surface area contributed by atoms with Crippen LogP contribution < -0.4 is 5.73 Å². The highest BCUT2D eigenvalue weighted by molar-refractivity contribution is 5.81. The Kier molecular flexibility index (Phi) is 10.4. The summed E-state index contributed by atoms with van der Waals surface area (Å²) < 4.78 is 18.6. The lowest BCUT2D eigenvalue weighted by Gasteiger charge is -2.23. The molecule has 0 fully saturated rings. The van der Waals surface area contributed by atoms with Gasteiger partial charge in [0.25, 0.3) is 0 Å². The fourth-order valence-corrected chi connectivity index (χ4v) is 2.65. The van der Waals surface area contributed by atoms with Crippen molar-refractivity contribution in [2.75, 3.05) is 13.3 Å². The predicted octanol–water partition coefficient (Wildman–Crippen LogP) is 3.87. The molecule has 25 heavy (non-hydrogen) atoms. The zero-order valence-corrected chi connectivity index (χ0v) is 15.8. The number of carbonyl (C=O) groups excluding carboxylic acids is 1. The van der Waals surface area contributed by atoms with E-state index in [1.54, 1.807) is 6.20 Å². The summed E-state index contributed by atoms with van der Waals surface area (Å²) >= 11 is 0. The van der Waals surface area contributed by atoms with Crippen molar-refractivity contribution in [3.8, 4) is 0 Å². The number of ether oxygens (including phenoxy) is 1. The van der Waals surface area contributed by atoms with Gasteiger partial charge < -0.3 is 15.5 Å². The van der Waals surface area contributed by atoms with Crippen molar-refractivity contribution < 1.29 is 13.9 Å². The van der Waals surface area contributed by atoms with E-state index >= 15 is 0 Å². The van der Waals surface area contributed by atoms with Gasteiger partial charge in [0.05, 0.1) is 6.61 Å². The Morgan fingerprint density at radius 2 is 1.88 bits per heavy atom. The zero-order chi connectivity index (χ0) is 18.5. The predicted molar refractivity (Wildman–Crippen MR) is 98.1 cm³/mol. The van der Waals surface area contributed by atoms with Crippen LogP contribution in [0.15, 0.2) is 6.20 Å². The van der Waals surface area contributed by atoms with Gasteiger partial charge in [-0.1, -0.05) is 52.4 Å². The number of aromatic nitrogens is 2. The molecule has 0 aliphatic heterocycles. The minimum atomic E-state index is -1.66. The first-order valence-electron chi connectivity index (χ1n) is 9.60. The fourth-order valence-electron chi connectivity index (χ4n) is 2.65. The number of nitrogens with one attached hydrogen (secondary N) is 1. The van der Waals surface area contributed by atoms with Crippen molar-refractivity contribution in [2.45, 2.75) is 83.6 Å². The summed E-state index contributed by atoms with van der Waals surface area (Å²) in [5.74, 6) is -0.155. The number of hydrogen-bond donors (Lipinski definition) is 2. The van der Waals surface area contributed by atoms with Crippen LogP contribution in [-0.2, 0) is 22.4 Å². The van der Waals surface area contributed by atoms with Crippen molar-refractivity contribution in [3.05, 3.63) is 17.7 Å². The van der Waals surface area contributed by atoms with Crippen molar-refractivity contribution in [2.24, 2.45) is 5.73 Å². The second-order valence-electron chi connectivity index (χ2n) is 6.83. The van der Waals surface area contributed by atoms with E-state index in [9.17, 15) is 9.18 Å². The van der Waals surface area contributed by atoms with Crippen molar-refractivity contribution >= 4 is 5.97 Å². The van der Waals surface area contributed by atoms with Crippen LogP contribution >= 0.6 is 0 Å². The molecule has 0 aliphatic rings. The highest BCUT2D eigenvalue weighted by atomic mass is 19.1. The van der Waals surface area contributed by atoms with Crippen LogP contribution in [0.4, 0.5) is 4.39 Å². The molecule has 1 heterocycles. The van der Waals surface area contributed by atoms with Gasteiger partial charge in [0.1, 0.15) is 18.0 Å². The number of carbonyl (C=O) groups is 1. The van der Waals surface area contributed by atoms with E-state index in [4.69, 9.17) is 10.5 Å². The Bertz CT molecular complexity index is 493. The molecule has 1 aromatic heterocycles. The molecule has 1 rings (SSSR count). The minimum Gasteiger partial charge on any atom is -0.464 e. The number of aromatic amines is 1. The minimum absolute atomic E-state index is 0.0188. The second kappa shape index (κ2) is 12.0. The molecule has 5 nitrogen and oxygen atoms in total. The average Bonchev–Trinajstić information content (AvgIpc) is 3.05. The summed E-state index contributed by atoms with van der Waals surface area (Å²) in [6, 6.07) is 0. The normalized spacial score (nSPS) is 13.6. The van der Waals surface area contributed by atoms with Crippen molar-refractivity contribution in [3.63, 3.8) is 0 Å². The molecule has 0 saturated heterocycles. The zero-order valence-electron chi connectivity index (χ0n) is 15.8. The quantitative estimate of drug-likeness (QED) is 0.392. The number of aryl methyl sites for hydroxylation is 1. The number of nitrogens with zero attached hydrogens (tertiary/aromatic N) is 1. The number of rotatable bonds is 14. The first-order chi connectivity index (χ1) is 12.1. The Labute approximate surface area is 150 Å².